The number of aromatic amines is 1. The number of fused-ring (bicyclic) bond motifs is 1. The van der Waals surface area contributed by atoms with Gasteiger partial charge < -0.3 is 15.2 Å². The van der Waals surface area contributed by atoms with Crippen LogP contribution in [0.2, 0.25) is 5.02 Å². The van der Waals surface area contributed by atoms with E-state index in [4.69, 9.17) is 16.3 Å². The van der Waals surface area contributed by atoms with E-state index in [1.54, 1.807) is 12.1 Å². The van der Waals surface area contributed by atoms with Gasteiger partial charge in [-0.05, 0) is 41.8 Å². The Kier molecular flexibility index (Phi) is 6.56. The normalized spacial score (nSPS) is 12.6. The van der Waals surface area contributed by atoms with Crippen molar-refractivity contribution in [3.8, 4) is 5.75 Å². The van der Waals surface area contributed by atoms with Crippen molar-refractivity contribution in [3.05, 3.63) is 58.2 Å². The number of ether oxygens (including phenoxy) is 1. The fraction of sp³-hybridized carbons (Fsp3) is 0.273. The van der Waals surface area contributed by atoms with Gasteiger partial charge in [0.25, 0.3) is 5.91 Å². The summed E-state index contributed by atoms with van der Waals surface area (Å²) in [4.78, 5) is 12.8. The van der Waals surface area contributed by atoms with Crippen LogP contribution in [0.5, 0.6) is 5.75 Å². The molecule has 1 aromatic heterocycles. The highest BCUT2D eigenvalue weighted by atomic mass is 35.5. The van der Waals surface area contributed by atoms with E-state index in [9.17, 15) is 9.90 Å². The van der Waals surface area contributed by atoms with Gasteiger partial charge in [-0.1, -0.05) is 43.7 Å². The molecule has 0 saturated carbocycles. The average Bonchev–Trinajstić information content (AvgIpc) is 3.13. The number of nitrogens with one attached hydrogen (secondary N) is 2. The van der Waals surface area contributed by atoms with Crippen molar-refractivity contribution in [2.24, 2.45) is 5.92 Å². The van der Waals surface area contributed by atoms with Crippen LogP contribution < -0.4 is 10.1 Å². The van der Waals surface area contributed by atoms with Gasteiger partial charge in [0.2, 0.25) is 0 Å². The van der Waals surface area contributed by atoms with Gasteiger partial charge in [-0.25, -0.2) is 0 Å². The van der Waals surface area contributed by atoms with Gasteiger partial charge in [-0.3, -0.25) is 9.89 Å². The molecule has 3 rings (SSSR count). The molecule has 3 aromatic rings. The molecule has 0 fully saturated rings. The zero-order valence-electron chi connectivity index (χ0n) is 16.6. The summed E-state index contributed by atoms with van der Waals surface area (Å²) in [6.07, 6.45) is 3.81. The minimum absolute atomic E-state index is 0.102. The molecule has 2 aromatic carbocycles. The number of carbonyl (C=O) groups excluding carboxylic acids is 1. The number of methoxy groups -OCH3 is 1. The van der Waals surface area contributed by atoms with E-state index >= 15 is 0 Å². The van der Waals surface area contributed by atoms with E-state index < -0.39 is 0 Å². The third-order valence-corrected chi connectivity index (χ3v) is 5.03. The molecule has 0 radical (unpaired) electrons. The number of rotatable bonds is 7. The highest BCUT2D eigenvalue weighted by molar-refractivity contribution is 6.30. The Labute approximate surface area is 174 Å². The first-order chi connectivity index (χ1) is 13.9. The number of aliphatic hydroxyl groups is 1. The average molecular weight is 414 g/mol. The third-order valence-electron chi connectivity index (χ3n) is 4.78. The summed E-state index contributed by atoms with van der Waals surface area (Å²) in [7, 11) is 1.53. The first-order valence-electron chi connectivity index (χ1n) is 9.35. The maximum Gasteiger partial charge on any atom is 0.255 e. The molecule has 0 aliphatic rings. The number of hydrogen-bond donors (Lipinski definition) is 3. The number of nitrogens with zero attached hydrogens (tertiary/aromatic N) is 1. The van der Waals surface area contributed by atoms with Crippen molar-refractivity contribution in [2.75, 3.05) is 13.7 Å². The molecule has 1 amide bonds. The maximum atomic E-state index is 12.8. The number of carbonyl (C=O) groups is 1. The molecule has 1 atom stereocenters. The molecule has 7 heteroatoms. The monoisotopic (exact) mass is 413 g/mol. The van der Waals surface area contributed by atoms with Gasteiger partial charge in [0, 0.05) is 5.02 Å². The minimum atomic E-state index is -0.337. The second-order valence-corrected chi connectivity index (χ2v) is 7.51. The van der Waals surface area contributed by atoms with Gasteiger partial charge >= 0.3 is 0 Å². The standard InChI is InChI=1S/C22H24ClN3O3/c1-13(2)19(12-27)24-22(28)16-9-11-18-20(21(16)29-3)17(25-26-18)10-6-14-4-7-15(23)8-5-14/h4-11,13,19,27H,12H2,1-3H3,(H,24,28)(H,25,26)/t19-/m1/s1. The summed E-state index contributed by atoms with van der Waals surface area (Å²) in [6.45, 7) is 3.75. The van der Waals surface area contributed by atoms with Crippen molar-refractivity contribution in [1.82, 2.24) is 15.5 Å². The van der Waals surface area contributed by atoms with Crippen LogP contribution >= 0.6 is 11.6 Å². The maximum absolute atomic E-state index is 12.8. The highest BCUT2D eigenvalue weighted by Crippen LogP contribution is 2.32. The number of halogens is 1. The third kappa shape index (κ3) is 4.60. The van der Waals surface area contributed by atoms with Crippen LogP contribution in [0, 0.1) is 5.92 Å². The summed E-state index contributed by atoms with van der Waals surface area (Å²) in [6, 6.07) is 10.6. The topological polar surface area (TPSA) is 87.2 Å². The molecule has 0 spiro atoms. The van der Waals surface area contributed by atoms with Crippen molar-refractivity contribution in [2.45, 2.75) is 19.9 Å². The highest BCUT2D eigenvalue weighted by Gasteiger charge is 2.22. The van der Waals surface area contributed by atoms with E-state index in [0.717, 1.165) is 16.6 Å². The van der Waals surface area contributed by atoms with Crippen molar-refractivity contribution in [1.29, 1.82) is 0 Å². The largest absolute Gasteiger partial charge is 0.495 e. The first kappa shape index (κ1) is 20.9. The number of amides is 1. The molecular weight excluding hydrogens is 390 g/mol. The molecule has 1 heterocycles. The van der Waals surface area contributed by atoms with E-state index in [1.165, 1.54) is 7.11 Å². The van der Waals surface area contributed by atoms with E-state index in [1.807, 2.05) is 50.3 Å². The number of aromatic nitrogens is 2. The number of H-pyrrole nitrogens is 1. The lowest BCUT2D eigenvalue weighted by Gasteiger charge is -2.20. The van der Waals surface area contributed by atoms with E-state index in [-0.39, 0.29) is 24.5 Å². The van der Waals surface area contributed by atoms with Gasteiger partial charge in [0.05, 0.1) is 41.9 Å². The summed E-state index contributed by atoms with van der Waals surface area (Å²) in [5.74, 6) is 0.237. The van der Waals surface area contributed by atoms with Gasteiger partial charge in [-0.15, -0.1) is 0 Å². The van der Waals surface area contributed by atoms with Crippen molar-refractivity contribution < 1.29 is 14.6 Å². The second kappa shape index (κ2) is 9.11. The van der Waals surface area contributed by atoms with Gasteiger partial charge in [0.15, 0.2) is 0 Å². The molecular formula is C22H24ClN3O3. The second-order valence-electron chi connectivity index (χ2n) is 7.07. The van der Waals surface area contributed by atoms with Crippen molar-refractivity contribution >= 4 is 40.6 Å². The van der Waals surface area contributed by atoms with Gasteiger partial charge in [0.1, 0.15) is 5.75 Å². The minimum Gasteiger partial charge on any atom is -0.495 e. The van der Waals surface area contributed by atoms with E-state index in [2.05, 4.69) is 15.5 Å². The quantitative estimate of drug-likeness (QED) is 0.543. The molecule has 6 nitrogen and oxygen atoms in total. The Bertz CT molecular complexity index is 1030. The summed E-state index contributed by atoms with van der Waals surface area (Å²) in [5, 5.41) is 21.1. The zero-order chi connectivity index (χ0) is 21.0. The predicted molar refractivity (Wildman–Crippen MR) is 116 cm³/mol. The first-order valence-corrected chi connectivity index (χ1v) is 9.72. The van der Waals surface area contributed by atoms with Crippen LogP contribution in [0.4, 0.5) is 0 Å². The molecule has 0 unspecified atom stereocenters. The molecule has 0 aliphatic heterocycles. The van der Waals surface area contributed by atoms with E-state index in [0.29, 0.717) is 21.9 Å². The Morgan fingerprint density at radius 2 is 1.97 bits per heavy atom. The number of benzene rings is 2. The molecule has 0 aliphatic carbocycles. The lowest BCUT2D eigenvalue weighted by molar-refractivity contribution is 0.0894. The number of aliphatic hydroxyl groups excluding tert-OH is 1. The predicted octanol–water partition coefficient (Wildman–Crippen LogP) is 4.14. The Morgan fingerprint density at radius 1 is 1.24 bits per heavy atom. The summed E-state index contributed by atoms with van der Waals surface area (Å²) < 4.78 is 5.59. The fourth-order valence-electron chi connectivity index (χ4n) is 3.04. The molecule has 29 heavy (non-hydrogen) atoms. The molecule has 0 saturated heterocycles. The van der Waals surface area contributed by atoms with Crippen LogP contribution in [0.1, 0.15) is 35.5 Å². The Hall–Kier alpha value is -2.83. The Balaban J connectivity index is 1.98. The lowest BCUT2D eigenvalue weighted by Crippen LogP contribution is -2.41. The van der Waals surface area contributed by atoms with Gasteiger partial charge in [-0.2, -0.15) is 5.10 Å². The molecule has 152 valence electrons. The summed E-state index contributed by atoms with van der Waals surface area (Å²) in [5.41, 5.74) is 2.79. The molecule has 0 bridgehead atoms. The van der Waals surface area contributed by atoms with Crippen LogP contribution in [-0.4, -0.2) is 41.0 Å². The van der Waals surface area contributed by atoms with Crippen LogP contribution in [0.3, 0.4) is 0 Å². The van der Waals surface area contributed by atoms with Crippen LogP contribution in [0.15, 0.2) is 36.4 Å². The fourth-order valence-corrected chi connectivity index (χ4v) is 3.16. The smallest absolute Gasteiger partial charge is 0.255 e. The Morgan fingerprint density at radius 3 is 2.59 bits per heavy atom. The van der Waals surface area contributed by atoms with Crippen molar-refractivity contribution in [3.63, 3.8) is 0 Å². The SMILES string of the molecule is COc1c(C(=O)N[C@H](CO)C(C)C)ccc2n[nH]c(C=Cc3ccc(Cl)cc3)c12. The summed E-state index contributed by atoms with van der Waals surface area (Å²) >= 11 is 5.93. The van der Waals surface area contributed by atoms with Crippen LogP contribution in [-0.2, 0) is 0 Å². The lowest BCUT2D eigenvalue weighted by atomic mass is 10.0. The zero-order valence-corrected chi connectivity index (χ0v) is 17.3. The van der Waals surface area contributed by atoms with Crippen LogP contribution in [0.25, 0.3) is 23.1 Å². The molecule has 3 N–H and O–H groups in total. The number of hydrogen-bond acceptors (Lipinski definition) is 4.